The van der Waals surface area contributed by atoms with Crippen LogP contribution < -0.4 is 0 Å². The van der Waals surface area contributed by atoms with Crippen molar-refractivity contribution in [2.45, 2.75) is 38.5 Å². The molecule has 1 rings (SSSR count). The Labute approximate surface area is 86.8 Å². The fourth-order valence-electron chi connectivity index (χ4n) is 1.73. The lowest BCUT2D eigenvalue weighted by Crippen LogP contribution is -2.41. The van der Waals surface area contributed by atoms with E-state index in [1.807, 2.05) is 0 Å². The minimum atomic E-state index is -3.52. The van der Waals surface area contributed by atoms with Crippen LogP contribution in [0.15, 0.2) is 0 Å². The van der Waals surface area contributed by atoms with E-state index in [0.717, 1.165) is 0 Å². The van der Waals surface area contributed by atoms with E-state index in [4.69, 9.17) is 0 Å². The zero-order chi connectivity index (χ0) is 11.5. The number of rotatable bonds is 3. The van der Waals surface area contributed by atoms with Crippen molar-refractivity contribution in [3.8, 4) is 0 Å². The van der Waals surface area contributed by atoms with Gasteiger partial charge in [-0.3, -0.25) is 4.79 Å². The smallest absolute Gasteiger partial charge is 0.377 e. The molecule has 0 aliphatic heterocycles. The molecule has 0 spiro atoms. The summed E-state index contributed by atoms with van der Waals surface area (Å²) in [7, 11) is 0. The Morgan fingerprint density at radius 3 is 2.80 bits per heavy atom. The molecule has 1 aliphatic rings. The summed E-state index contributed by atoms with van der Waals surface area (Å²) in [5.74, 6) is -6.41. The quantitative estimate of drug-likeness (QED) is 0.683. The highest BCUT2D eigenvalue weighted by Crippen LogP contribution is 2.36. The van der Waals surface area contributed by atoms with Crippen molar-refractivity contribution in [3.05, 3.63) is 0 Å². The van der Waals surface area contributed by atoms with Crippen molar-refractivity contribution in [1.82, 2.24) is 0 Å². The van der Waals surface area contributed by atoms with Gasteiger partial charge in [0.15, 0.2) is 0 Å². The van der Waals surface area contributed by atoms with Gasteiger partial charge in [-0.15, -0.1) is 0 Å². The second-order valence-electron chi connectivity index (χ2n) is 3.68. The number of ether oxygens (including phenoxy) is 1. The molecule has 0 radical (unpaired) electrons. The highest BCUT2D eigenvalue weighted by Gasteiger charge is 2.49. The van der Waals surface area contributed by atoms with Crippen molar-refractivity contribution in [2.75, 3.05) is 6.61 Å². The number of halogens is 2. The minimum absolute atomic E-state index is 0.0743. The first kappa shape index (κ1) is 12.1. The van der Waals surface area contributed by atoms with Gasteiger partial charge in [-0.25, -0.2) is 4.79 Å². The van der Waals surface area contributed by atoms with Crippen molar-refractivity contribution >= 4 is 11.8 Å². The number of carbonyl (C=O) groups is 2. The summed E-state index contributed by atoms with van der Waals surface area (Å²) in [6.45, 7) is 1.40. The topological polar surface area (TPSA) is 43.4 Å². The first-order valence-corrected chi connectivity index (χ1v) is 5.05. The molecule has 0 amide bonds. The Morgan fingerprint density at radius 1 is 1.60 bits per heavy atom. The summed E-state index contributed by atoms with van der Waals surface area (Å²) in [5, 5.41) is 0. The summed E-state index contributed by atoms with van der Waals surface area (Å²) in [4.78, 5) is 22.0. The summed E-state index contributed by atoms with van der Waals surface area (Å²) >= 11 is 0. The van der Waals surface area contributed by atoms with Crippen molar-refractivity contribution in [2.24, 2.45) is 5.92 Å². The van der Waals surface area contributed by atoms with E-state index >= 15 is 0 Å². The van der Waals surface area contributed by atoms with Crippen molar-refractivity contribution < 1.29 is 23.1 Å². The number of hydrogen-bond donors (Lipinski definition) is 0. The van der Waals surface area contributed by atoms with Gasteiger partial charge in [0, 0.05) is 18.8 Å². The zero-order valence-corrected chi connectivity index (χ0v) is 8.59. The van der Waals surface area contributed by atoms with Gasteiger partial charge in [-0.2, -0.15) is 8.78 Å². The zero-order valence-electron chi connectivity index (χ0n) is 8.59. The number of ketones is 1. The maximum absolute atomic E-state index is 13.4. The molecule has 1 fully saturated rings. The third-order valence-corrected chi connectivity index (χ3v) is 2.54. The number of esters is 1. The Hall–Kier alpha value is -1.00. The minimum Gasteiger partial charge on any atom is -0.462 e. The third kappa shape index (κ3) is 2.73. The van der Waals surface area contributed by atoms with Crippen LogP contribution in [-0.2, 0) is 14.3 Å². The molecule has 5 heteroatoms. The van der Waals surface area contributed by atoms with Crippen LogP contribution in [0.3, 0.4) is 0 Å². The molecule has 3 nitrogen and oxygen atoms in total. The van der Waals surface area contributed by atoms with Crippen molar-refractivity contribution in [1.29, 1.82) is 0 Å². The summed E-state index contributed by atoms with van der Waals surface area (Å²) < 4.78 is 31.2. The van der Waals surface area contributed by atoms with Gasteiger partial charge in [-0.1, -0.05) is 0 Å². The number of Topliss-reactive ketones (excluding diaryl/α,β-unsaturated/α-hetero) is 1. The maximum atomic E-state index is 13.4. The molecule has 0 N–H and O–H groups in total. The highest BCUT2D eigenvalue weighted by atomic mass is 19.3. The van der Waals surface area contributed by atoms with Gasteiger partial charge < -0.3 is 4.74 Å². The van der Waals surface area contributed by atoms with Crippen molar-refractivity contribution in [3.63, 3.8) is 0 Å². The molecule has 86 valence electrons. The summed E-state index contributed by atoms with van der Waals surface area (Å²) in [6, 6.07) is 0. The van der Waals surface area contributed by atoms with Crippen LogP contribution in [0.5, 0.6) is 0 Å². The first-order valence-electron chi connectivity index (χ1n) is 5.05. The number of carbonyl (C=O) groups excluding carboxylic acids is 2. The maximum Gasteiger partial charge on any atom is 0.377 e. The van der Waals surface area contributed by atoms with Crippen LogP contribution in [0.4, 0.5) is 8.78 Å². The lowest BCUT2D eigenvalue weighted by molar-refractivity contribution is -0.182. The Bertz CT molecular complexity index is 263. The fourth-order valence-corrected chi connectivity index (χ4v) is 1.73. The third-order valence-electron chi connectivity index (χ3n) is 2.54. The molecule has 1 saturated carbocycles. The Balaban J connectivity index is 2.66. The second kappa shape index (κ2) is 4.68. The molecule has 0 aromatic rings. The number of alkyl halides is 2. The Kier molecular flexibility index (Phi) is 3.77. The van der Waals surface area contributed by atoms with Gasteiger partial charge in [0.25, 0.3) is 0 Å². The molecule has 0 aromatic heterocycles. The molecule has 0 heterocycles. The molecular formula is C10H14F2O3. The average molecular weight is 220 g/mol. The SMILES string of the molecule is CCOC(=O)C(F)(F)[C@H]1CCCC(=O)C1. The van der Waals surface area contributed by atoms with Gasteiger partial charge in [0.05, 0.1) is 6.61 Å². The molecule has 0 unspecified atom stereocenters. The van der Waals surface area contributed by atoms with Gasteiger partial charge in [0.1, 0.15) is 5.78 Å². The molecular weight excluding hydrogens is 206 g/mol. The predicted molar refractivity (Wildman–Crippen MR) is 48.5 cm³/mol. The Morgan fingerprint density at radius 2 is 2.27 bits per heavy atom. The summed E-state index contributed by atoms with van der Waals surface area (Å²) in [5.41, 5.74) is 0. The molecule has 0 saturated heterocycles. The monoisotopic (exact) mass is 220 g/mol. The fraction of sp³-hybridized carbons (Fsp3) is 0.800. The summed E-state index contributed by atoms with van der Waals surface area (Å²) in [6.07, 6.45) is 0.761. The van der Waals surface area contributed by atoms with Crippen LogP contribution >= 0.6 is 0 Å². The lowest BCUT2D eigenvalue weighted by Gasteiger charge is -2.27. The average Bonchev–Trinajstić information content (AvgIpc) is 2.18. The van der Waals surface area contributed by atoms with E-state index in [0.29, 0.717) is 12.8 Å². The molecule has 15 heavy (non-hydrogen) atoms. The van der Waals surface area contributed by atoms with Crippen LogP contribution in [0.25, 0.3) is 0 Å². The van der Waals surface area contributed by atoms with Gasteiger partial charge in [0.2, 0.25) is 0 Å². The van der Waals surface area contributed by atoms with E-state index < -0.39 is 17.8 Å². The standard InChI is InChI=1S/C10H14F2O3/c1-2-15-9(14)10(11,12)7-4-3-5-8(13)6-7/h7H,2-6H2,1H3/t7-/m0/s1. The molecule has 0 aromatic carbocycles. The highest BCUT2D eigenvalue weighted by molar-refractivity contribution is 5.83. The lowest BCUT2D eigenvalue weighted by atomic mass is 9.84. The van der Waals surface area contributed by atoms with Crippen LogP contribution in [-0.4, -0.2) is 24.3 Å². The van der Waals surface area contributed by atoms with Gasteiger partial charge in [-0.05, 0) is 19.8 Å². The number of hydrogen-bond acceptors (Lipinski definition) is 3. The van der Waals surface area contributed by atoms with E-state index in [1.165, 1.54) is 6.92 Å². The second-order valence-corrected chi connectivity index (χ2v) is 3.68. The predicted octanol–water partition coefficient (Wildman–Crippen LogP) is 1.94. The van der Waals surface area contributed by atoms with Gasteiger partial charge >= 0.3 is 11.9 Å². The van der Waals surface area contributed by atoms with E-state index in [-0.39, 0.29) is 25.2 Å². The molecule has 1 atom stereocenters. The molecule has 0 bridgehead atoms. The molecule has 1 aliphatic carbocycles. The van der Waals surface area contributed by atoms with Crippen LogP contribution in [0.1, 0.15) is 32.6 Å². The van der Waals surface area contributed by atoms with Crippen LogP contribution in [0.2, 0.25) is 0 Å². The van der Waals surface area contributed by atoms with E-state index in [1.54, 1.807) is 0 Å². The van der Waals surface area contributed by atoms with E-state index in [9.17, 15) is 18.4 Å². The first-order chi connectivity index (χ1) is 6.98. The largest absolute Gasteiger partial charge is 0.462 e. The normalized spacial score (nSPS) is 22.6. The van der Waals surface area contributed by atoms with E-state index in [2.05, 4.69) is 4.74 Å². The van der Waals surface area contributed by atoms with Crippen LogP contribution in [0, 0.1) is 5.92 Å².